The second-order valence-electron chi connectivity index (χ2n) is 7.33. The lowest BCUT2D eigenvalue weighted by Gasteiger charge is -2.34. The van der Waals surface area contributed by atoms with E-state index in [2.05, 4.69) is 21.9 Å². The number of rotatable bonds is 6. The van der Waals surface area contributed by atoms with Crippen LogP contribution in [0.15, 0.2) is 24.3 Å². The van der Waals surface area contributed by atoms with Gasteiger partial charge in [0.1, 0.15) is 11.9 Å². The van der Waals surface area contributed by atoms with E-state index < -0.39 is 5.60 Å². The van der Waals surface area contributed by atoms with Crippen LogP contribution in [0.4, 0.5) is 0 Å². The lowest BCUT2D eigenvalue weighted by molar-refractivity contribution is -0.156. The number of piperazine rings is 1. The number of carbonyl (C=O) groups is 2. The van der Waals surface area contributed by atoms with Gasteiger partial charge in [0.15, 0.2) is 0 Å². The van der Waals surface area contributed by atoms with E-state index in [9.17, 15) is 9.59 Å². The molecule has 0 saturated carbocycles. The Kier molecular flexibility index (Phi) is 6.52. The van der Waals surface area contributed by atoms with Crippen LogP contribution in [0.3, 0.4) is 0 Å². The zero-order valence-corrected chi connectivity index (χ0v) is 15.0. The van der Waals surface area contributed by atoms with Crippen LogP contribution in [0.1, 0.15) is 31.9 Å². The molecular formula is C19H28N2O3. The zero-order chi connectivity index (χ0) is 17.6. The molecule has 0 bridgehead atoms. The van der Waals surface area contributed by atoms with Crippen LogP contribution in [0.2, 0.25) is 0 Å². The Bertz CT molecular complexity index is 558. The van der Waals surface area contributed by atoms with Gasteiger partial charge in [0.25, 0.3) is 0 Å². The van der Waals surface area contributed by atoms with E-state index >= 15 is 0 Å². The van der Waals surface area contributed by atoms with Crippen LogP contribution < -0.4 is 0 Å². The first-order valence-electron chi connectivity index (χ1n) is 8.54. The van der Waals surface area contributed by atoms with Gasteiger partial charge in [0.2, 0.25) is 0 Å². The third-order valence-electron chi connectivity index (χ3n) is 3.95. The molecule has 5 nitrogen and oxygen atoms in total. The third kappa shape index (κ3) is 6.42. The average Bonchev–Trinajstić information content (AvgIpc) is 2.48. The standard InChI is InChI=1S/C19H28N2O3/c1-19(2,3)24-18(23)15-21-10-8-20(9-11-21)14-17-6-4-5-16(13-17)7-12-22/h4-6,12-13H,7-11,14-15H2,1-3H3. The van der Waals surface area contributed by atoms with Crippen molar-refractivity contribution in [3.8, 4) is 0 Å². The fourth-order valence-corrected chi connectivity index (χ4v) is 2.87. The SMILES string of the molecule is CC(C)(C)OC(=O)CN1CCN(Cc2cccc(CC=O)c2)CC1. The molecule has 132 valence electrons. The van der Waals surface area contributed by atoms with Gasteiger partial charge < -0.3 is 9.53 Å². The average molecular weight is 332 g/mol. The molecule has 1 fully saturated rings. The number of hydrogen-bond acceptors (Lipinski definition) is 5. The van der Waals surface area contributed by atoms with Gasteiger partial charge in [-0.25, -0.2) is 0 Å². The van der Waals surface area contributed by atoms with Crippen molar-refractivity contribution in [2.75, 3.05) is 32.7 Å². The largest absolute Gasteiger partial charge is 0.459 e. The summed E-state index contributed by atoms with van der Waals surface area (Å²) < 4.78 is 5.38. The number of nitrogens with zero attached hydrogens (tertiary/aromatic N) is 2. The van der Waals surface area contributed by atoms with E-state index in [-0.39, 0.29) is 5.97 Å². The van der Waals surface area contributed by atoms with Crippen molar-refractivity contribution in [2.45, 2.75) is 39.3 Å². The molecule has 5 heteroatoms. The molecule has 1 saturated heterocycles. The summed E-state index contributed by atoms with van der Waals surface area (Å²) in [4.78, 5) is 27.1. The van der Waals surface area contributed by atoms with Crippen molar-refractivity contribution >= 4 is 12.3 Å². The van der Waals surface area contributed by atoms with Gasteiger partial charge in [-0.1, -0.05) is 24.3 Å². The van der Waals surface area contributed by atoms with Crippen molar-refractivity contribution in [3.05, 3.63) is 35.4 Å². The first-order chi connectivity index (χ1) is 11.4. The van der Waals surface area contributed by atoms with Gasteiger partial charge in [-0.2, -0.15) is 0 Å². The topological polar surface area (TPSA) is 49.9 Å². The Morgan fingerprint density at radius 3 is 2.38 bits per heavy atom. The van der Waals surface area contributed by atoms with Gasteiger partial charge in [0.05, 0.1) is 6.54 Å². The summed E-state index contributed by atoms with van der Waals surface area (Å²) in [7, 11) is 0. The fraction of sp³-hybridized carbons (Fsp3) is 0.579. The Labute approximate surface area is 144 Å². The van der Waals surface area contributed by atoms with E-state index in [1.54, 1.807) is 0 Å². The van der Waals surface area contributed by atoms with Crippen LogP contribution in [0.25, 0.3) is 0 Å². The van der Waals surface area contributed by atoms with Crippen molar-refractivity contribution < 1.29 is 14.3 Å². The summed E-state index contributed by atoms with van der Waals surface area (Å²) >= 11 is 0. The monoisotopic (exact) mass is 332 g/mol. The molecule has 2 rings (SSSR count). The lowest BCUT2D eigenvalue weighted by atomic mass is 10.1. The highest BCUT2D eigenvalue weighted by Crippen LogP contribution is 2.12. The number of esters is 1. The van der Waals surface area contributed by atoms with E-state index in [0.717, 1.165) is 44.6 Å². The molecule has 0 radical (unpaired) electrons. The predicted molar refractivity (Wildman–Crippen MR) is 93.8 cm³/mol. The number of hydrogen-bond donors (Lipinski definition) is 0. The van der Waals surface area contributed by atoms with Gasteiger partial charge >= 0.3 is 5.97 Å². The van der Waals surface area contributed by atoms with E-state index in [1.165, 1.54) is 5.56 Å². The van der Waals surface area contributed by atoms with Gasteiger partial charge in [-0.05, 0) is 31.9 Å². The smallest absolute Gasteiger partial charge is 0.320 e. The maximum absolute atomic E-state index is 11.9. The van der Waals surface area contributed by atoms with Gasteiger partial charge in [-0.3, -0.25) is 14.6 Å². The summed E-state index contributed by atoms with van der Waals surface area (Å²) in [5, 5.41) is 0. The molecule has 24 heavy (non-hydrogen) atoms. The van der Waals surface area contributed by atoms with Gasteiger partial charge in [0, 0.05) is 39.1 Å². The Hall–Kier alpha value is -1.72. The minimum absolute atomic E-state index is 0.155. The number of benzene rings is 1. The Morgan fingerprint density at radius 1 is 1.12 bits per heavy atom. The molecule has 1 aromatic carbocycles. The first-order valence-corrected chi connectivity index (χ1v) is 8.54. The summed E-state index contributed by atoms with van der Waals surface area (Å²) in [5.41, 5.74) is 1.87. The molecule has 0 atom stereocenters. The maximum Gasteiger partial charge on any atom is 0.320 e. The molecule has 0 spiro atoms. The normalized spacial score (nSPS) is 16.8. The molecule has 1 aliphatic heterocycles. The second-order valence-corrected chi connectivity index (χ2v) is 7.33. The molecule has 1 heterocycles. The zero-order valence-electron chi connectivity index (χ0n) is 15.0. The number of carbonyl (C=O) groups excluding carboxylic acids is 2. The van der Waals surface area contributed by atoms with Crippen molar-refractivity contribution in [3.63, 3.8) is 0 Å². The minimum atomic E-state index is -0.425. The molecule has 1 aliphatic rings. The molecule has 0 N–H and O–H groups in total. The van der Waals surface area contributed by atoms with Crippen LogP contribution in [0.5, 0.6) is 0 Å². The number of ether oxygens (including phenoxy) is 1. The Balaban J connectivity index is 1.77. The second kappa shape index (κ2) is 8.40. The summed E-state index contributed by atoms with van der Waals surface area (Å²) in [6.45, 7) is 10.5. The van der Waals surface area contributed by atoms with Crippen molar-refractivity contribution in [2.24, 2.45) is 0 Å². The fourth-order valence-electron chi connectivity index (χ4n) is 2.87. The Morgan fingerprint density at radius 2 is 1.75 bits per heavy atom. The predicted octanol–water partition coefficient (Wildman–Crippen LogP) is 1.89. The molecule has 1 aromatic rings. The quantitative estimate of drug-likeness (QED) is 0.588. The van der Waals surface area contributed by atoms with Gasteiger partial charge in [-0.15, -0.1) is 0 Å². The molecule has 0 aromatic heterocycles. The highest BCUT2D eigenvalue weighted by Gasteiger charge is 2.22. The van der Waals surface area contributed by atoms with E-state index in [0.29, 0.717) is 13.0 Å². The highest BCUT2D eigenvalue weighted by atomic mass is 16.6. The van der Waals surface area contributed by atoms with Crippen molar-refractivity contribution in [1.29, 1.82) is 0 Å². The summed E-state index contributed by atoms with van der Waals surface area (Å²) in [5.74, 6) is -0.155. The van der Waals surface area contributed by atoms with E-state index in [1.807, 2.05) is 32.9 Å². The molecule has 0 unspecified atom stereocenters. The molecule has 0 aliphatic carbocycles. The van der Waals surface area contributed by atoms with Crippen LogP contribution in [-0.4, -0.2) is 60.4 Å². The van der Waals surface area contributed by atoms with Crippen LogP contribution in [-0.2, 0) is 27.3 Å². The maximum atomic E-state index is 11.9. The van der Waals surface area contributed by atoms with E-state index in [4.69, 9.17) is 4.74 Å². The van der Waals surface area contributed by atoms with Crippen LogP contribution in [0, 0.1) is 0 Å². The molecule has 0 amide bonds. The highest BCUT2D eigenvalue weighted by molar-refractivity contribution is 5.72. The van der Waals surface area contributed by atoms with Crippen molar-refractivity contribution in [1.82, 2.24) is 9.80 Å². The lowest BCUT2D eigenvalue weighted by Crippen LogP contribution is -2.48. The summed E-state index contributed by atoms with van der Waals surface area (Å²) in [6, 6.07) is 8.19. The third-order valence-corrected chi connectivity index (χ3v) is 3.95. The minimum Gasteiger partial charge on any atom is -0.459 e. The number of aldehydes is 1. The summed E-state index contributed by atoms with van der Waals surface area (Å²) in [6.07, 6.45) is 1.41. The first kappa shape index (κ1) is 18.6. The molecular weight excluding hydrogens is 304 g/mol. The van der Waals surface area contributed by atoms with Crippen LogP contribution >= 0.6 is 0 Å².